The monoisotopic (exact) mass is 364 g/mol. The molecule has 0 unspecified atom stereocenters. The highest BCUT2D eigenvalue weighted by atomic mass is 32.2. The summed E-state index contributed by atoms with van der Waals surface area (Å²) in [7, 11) is -3.29. The number of sulfonamides is 1. The molecule has 0 spiro atoms. The summed E-state index contributed by atoms with van der Waals surface area (Å²) in [6, 6.07) is 8.09. The van der Waals surface area contributed by atoms with E-state index in [1.54, 1.807) is 0 Å². The third kappa shape index (κ3) is 3.32. The van der Waals surface area contributed by atoms with Crippen molar-refractivity contribution in [2.75, 3.05) is 12.3 Å². The number of rotatable bonds is 3. The molecule has 5 nitrogen and oxygen atoms in total. The molecule has 2 aliphatic heterocycles. The first-order chi connectivity index (χ1) is 11.6. The first-order valence-electron chi connectivity index (χ1n) is 8.35. The minimum Gasteiger partial charge on any atom is -0.490 e. The van der Waals surface area contributed by atoms with Crippen molar-refractivity contribution in [1.82, 2.24) is 4.90 Å². The van der Waals surface area contributed by atoms with Gasteiger partial charge in [-0.2, -0.15) is 0 Å². The second kappa shape index (κ2) is 6.44. The van der Waals surface area contributed by atoms with E-state index < -0.39 is 10.0 Å². The van der Waals surface area contributed by atoms with Gasteiger partial charge in [-0.3, -0.25) is 0 Å². The lowest BCUT2D eigenvalue weighted by Crippen LogP contribution is -2.34. The van der Waals surface area contributed by atoms with Crippen molar-refractivity contribution in [3.05, 3.63) is 35.2 Å². The molecule has 1 aromatic carbocycles. The van der Waals surface area contributed by atoms with Crippen LogP contribution in [0.3, 0.4) is 0 Å². The second-order valence-electron chi connectivity index (χ2n) is 6.33. The van der Waals surface area contributed by atoms with Crippen LogP contribution in [0.25, 0.3) is 5.70 Å². The highest BCUT2D eigenvalue weighted by Gasteiger charge is 2.31. The van der Waals surface area contributed by atoms with Crippen molar-refractivity contribution in [2.45, 2.75) is 38.2 Å². The smallest absolute Gasteiger partial charge is 0.257 e. The fourth-order valence-electron chi connectivity index (χ4n) is 3.30. The summed E-state index contributed by atoms with van der Waals surface area (Å²) in [5, 5.41) is 2.52. The van der Waals surface area contributed by atoms with Gasteiger partial charge in [0, 0.05) is 12.0 Å². The van der Waals surface area contributed by atoms with Gasteiger partial charge >= 0.3 is 0 Å². The van der Waals surface area contributed by atoms with Crippen LogP contribution in [0.15, 0.2) is 34.1 Å². The fraction of sp³-hybridized carbons (Fsp3) is 0.471. The largest absolute Gasteiger partial charge is 0.490 e. The summed E-state index contributed by atoms with van der Waals surface area (Å²) in [6.07, 6.45) is 6.47. The highest BCUT2D eigenvalue weighted by molar-refractivity contribution is 8.17. The molecule has 1 aliphatic carbocycles. The average molecular weight is 364 g/mol. The van der Waals surface area contributed by atoms with Crippen LogP contribution in [-0.4, -0.2) is 36.9 Å². The number of benzene rings is 1. The molecule has 0 saturated heterocycles. The number of fused-ring (bicyclic) bond motifs is 1. The summed E-state index contributed by atoms with van der Waals surface area (Å²) < 4.78 is 33.1. The Balaban J connectivity index is 1.47. The molecule has 1 fully saturated rings. The number of hydrogen-bond acceptors (Lipinski definition) is 5. The van der Waals surface area contributed by atoms with Gasteiger partial charge in [-0.15, -0.1) is 4.40 Å². The minimum atomic E-state index is -3.29. The van der Waals surface area contributed by atoms with Crippen LogP contribution in [0.2, 0.25) is 0 Å². The van der Waals surface area contributed by atoms with Crippen molar-refractivity contribution < 1.29 is 13.2 Å². The molecule has 0 N–H and O–H groups in total. The van der Waals surface area contributed by atoms with Gasteiger partial charge in [0.15, 0.2) is 5.17 Å². The molecule has 0 aromatic heterocycles. The van der Waals surface area contributed by atoms with E-state index in [9.17, 15) is 8.42 Å². The van der Waals surface area contributed by atoms with Crippen molar-refractivity contribution in [2.24, 2.45) is 4.40 Å². The number of nitrogens with zero attached hydrogens (tertiary/aromatic N) is 2. The lowest BCUT2D eigenvalue weighted by Gasteiger charge is -2.25. The van der Waals surface area contributed by atoms with E-state index in [0.717, 1.165) is 29.9 Å². The quantitative estimate of drug-likeness (QED) is 0.822. The normalized spacial score (nSPS) is 23.4. The molecule has 0 atom stereocenters. The van der Waals surface area contributed by atoms with E-state index in [0.29, 0.717) is 17.8 Å². The SMILES string of the molecule is O=S1(=O)CCN2C(c3ccc(OC4CCCCC4)cc3)=CSC2=N1. The molecule has 0 radical (unpaired) electrons. The van der Waals surface area contributed by atoms with Crippen LogP contribution in [-0.2, 0) is 10.0 Å². The van der Waals surface area contributed by atoms with Crippen LogP contribution in [0.5, 0.6) is 5.75 Å². The summed E-state index contributed by atoms with van der Waals surface area (Å²) in [4.78, 5) is 1.97. The Hall–Kier alpha value is -1.47. The Bertz CT molecular complexity index is 779. The molecule has 2 heterocycles. The number of thioether (sulfide) groups is 1. The Morgan fingerprint density at radius 2 is 1.88 bits per heavy atom. The average Bonchev–Trinajstić information content (AvgIpc) is 2.98. The van der Waals surface area contributed by atoms with Gasteiger partial charge in [-0.1, -0.05) is 18.2 Å². The molecular weight excluding hydrogens is 344 g/mol. The predicted molar refractivity (Wildman–Crippen MR) is 97.4 cm³/mol. The number of amidine groups is 1. The first kappa shape index (κ1) is 16.0. The van der Waals surface area contributed by atoms with Crippen LogP contribution >= 0.6 is 11.8 Å². The zero-order valence-electron chi connectivity index (χ0n) is 13.3. The zero-order chi connectivity index (χ0) is 16.6. The molecule has 1 saturated carbocycles. The maximum Gasteiger partial charge on any atom is 0.257 e. The molecule has 128 valence electrons. The van der Waals surface area contributed by atoms with Crippen LogP contribution in [0, 0.1) is 0 Å². The standard InChI is InChI=1S/C17H20N2O3S2/c20-24(21)11-10-19-16(12-23-17(19)18-24)13-6-8-15(9-7-13)22-14-4-2-1-3-5-14/h6-9,12,14H,1-5,10-11H2. The highest BCUT2D eigenvalue weighted by Crippen LogP contribution is 2.36. The second-order valence-corrected chi connectivity index (χ2v) is 8.93. The fourth-order valence-corrected chi connectivity index (χ4v) is 5.45. The molecule has 24 heavy (non-hydrogen) atoms. The third-order valence-electron chi connectivity index (χ3n) is 4.59. The maximum absolute atomic E-state index is 11.6. The molecule has 0 amide bonds. The van der Waals surface area contributed by atoms with Crippen molar-refractivity contribution in [3.8, 4) is 5.75 Å². The van der Waals surface area contributed by atoms with E-state index in [4.69, 9.17) is 4.74 Å². The number of hydrogen-bond donors (Lipinski definition) is 0. The predicted octanol–water partition coefficient (Wildman–Crippen LogP) is 3.44. The van der Waals surface area contributed by atoms with E-state index in [2.05, 4.69) is 4.40 Å². The Morgan fingerprint density at radius 1 is 1.12 bits per heavy atom. The van der Waals surface area contributed by atoms with E-state index in [-0.39, 0.29) is 5.75 Å². The minimum absolute atomic E-state index is 0.0667. The van der Waals surface area contributed by atoms with E-state index in [1.165, 1.54) is 31.0 Å². The van der Waals surface area contributed by atoms with Gasteiger partial charge in [0.2, 0.25) is 0 Å². The molecule has 4 rings (SSSR count). The van der Waals surface area contributed by atoms with Crippen LogP contribution in [0.4, 0.5) is 0 Å². The van der Waals surface area contributed by atoms with Gasteiger partial charge in [0.25, 0.3) is 10.0 Å². The van der Waals surface area contributed by atoms with Gasteiger partial charge in [-0.25, -0.2) is 8.42 Å². The van der Waals surface area contributed by atoms with Gasteiger partial charge in [0.1, 0.15) is 5.75 Å². The summed E-state index contributed by atoms with van der Waals surface area (Å²) in [6.45, 7) is 0.459. The van der Waals surface area contributed by atoms with Gasteiger partial charge in [-0.05, 0) is 55.5 Å². The lowest BCUT2D eigenvalue weighted by atomic mass is 9.98. The topological polar surface area (TPSA) is 59.0 Å². The summed E-state index contributed by atoms with van der Waals surface area (Å²) in [5.41, 5.74) is 2.07. The van der Waals surface area contributed by atoms with Crippen LogP contribution < -0.4 is 4.74 Å². The van der Waals surface area contributed by atoms with E-state index >= 15 is 0 Å². The van der Waals surface area contributed by atoms with Crippen LogP contribution in [0.1, 0.15) is 37.7 Å². The third-order valence-corrected chi connectivity index (χ3v) is 6.72. The molecule has 1 aromatic rings. The van der Waals surface area contributed by atoms with Crippen molar-refractivity contribution in [1.29, 1.82) is 0 Å². The Morgan fingerprint density at radius 3 is 2.62 bits per heavy atom. The number of ether oxygens (including phenoxy) is 1. The summed E-state index contributed by atoms with van der Waals surface area (Å²) >= 11 is 1.37. The Labute approximate surface area is 146 Å². The molecule has 3 aliphatic rings. The van der Waals surface area contributed by atoms with Gasteiger partial charge < -0.3 is 9.64 Å². The lowest BCUT2D eigenvalue weighted by molar-refractivity contribution is 0.155. The molecule has 0 bridgehead atoms. The summed E-state index contributed by atoms with van der Waals surface area (Å²) in [5.74, 6) is 0.976. The molecular formula is C17H20N2O3S2. The van der Waals surface area contributed by atoms with Gasteiger partial charge in [0.05, 0.1) is 17.6 Å². The maximum atomic E-state index is 11.6. The zero-order valence-corrected chi connectivity index (χ0v) is 15.0. The van der Waals surface area contributed by atoms with Crippen molar-refractivity contribution in [3.63, 3.8) is 0 Å². The Kier molecular flexibility index (Phi) is 4.30. The van der Waals surface area contributed by atoms with Crippen molar-refractivity contribution >= 4 is 32.6 Å². The first-order valence-corrected chi connectivity index (χ1v) is 10.8. The van der Waals surface area contributed by atoms with E-state index in [1.807, 2.05) is 34.6 Å². The molecule has 7 heteroatoms.